The number of aryl methyl sites for hydroxylation is 1. The van der Waals surface area contributed by atoms with E-state index >= 15 is 0 Å². The number of hydrogen-bond donors (Lipinski definition) is 0. The molecule has 3 nitrogen and oxygen atoms in total. The predicted octanol–water partition coefficient (Wildman–Crippen LogP) is 2.67. The molecule has 1 rings (SSSR count). The third-order valence-electron chi connectivity index (χ3n) is 1.94. The average molecular weight is 196 g/mol. The van der Waals surface area contributed by atoms with Crippen LogP contribution in [0.1, 0.15) is 21.5 Å². The van der Waals surface area contributed by atoms with Gasteiger partial charge in [0, 0.05) is 0 Å². The lowest BCUT2D eigenvalue weighted by molar-refractivity contribution is 0.0755. The lowest BCUT2D eigenvalue weighted by Crippen LogP contribution is -2.01. The van der Waals surface area contributed by atoms with E-state index in [2.05, 4.69) is 4.52 Å². The van der Waals surface area contributed by atoms with Gasteiger partial charge in [0.15, 0.2) is 0 Å². The van der Waals surface area contributed by atoms with E-state index in [1.54, 1.807) is 12.1 Å². The maximum atomic E-state index is 11.2. The Morgan fingerprint density at radius 2 is 2.08 bits per heavy atom. The summed E-state index contributed by atoms with van der Waals surface area (Å²) in [5.74, 6) is -0.558. The molecule has 0 radical (unpaired) electrons. The number of carbonyl (C=O) groups excluding carboxylic acids is 1. The van der Waals surface area contributed by atoms with Crippen LogP contribution in [0.4, 0.5) is 0 Å². The molecule has 0 aliphatic rings. The monoisotopic (exact) mass is 196 g/mol. The van der Waals surface area contributed by atoms with Gasteiger partial charge in [-0.15, -0.1) is 0 Å². The van der Waals surface area contributed by atoms with Crippen LogP contribution in [0.15, 0.2) is 18.2 Å². The van der Waals surface area contributed by atoms with Crippen LogP contribution in [0.5, 0.6) is 0 Å². The summed E-state index contributed by atoms with van der Waals surface area (Å²) in [5, 5.41) is 0. The fourth-order valence-corrected chi connectivity index (χ4v) is 1.22. The Morgan fingerprint density at radius 1 is 1.38 bits per heavy atom. The summed E-state index contributed by atoms with van der Waals surface area (Å²) in [6.07, 6.45) is 0. The summed E-state index contributed by atoms with van der Waals surface area (Å²) in [5.41, 5.74) is 2.33. The van der Waals surface area contributed by atoms with Crippen molar-refractivity contribution >= 4 is 14.7 Å². The van der Waals surface area contributed by atoms with Gasteiger partial charge in [-0.3, -0.25) is 0 Å². The molecule has 1 aromatic rings. The first-order valence-corrected chi connectivity index (χ1v) is 4.50. The normalized spacial score (nSPS) is 10.0. The molecule has 0 aliphatic heterocycles. The summed E-state index contributed by atoms with van der Waals surface area (Å²) in [7, 11) is -0.612. The number of carbonyl (C=O) groups is 1. The van der Waals surface area contributed by atoms with Crippen molar-refractivity contribution in [3.8, 4) is 0 Å². The molecule has 13 heavy (non-hydrogen) atoms. The first-order valence-electron chi connectivity index (χ1n) is 3.77. The molecular weight excluding hydrogens is 187 g/mol. The van der Waals surface area contributed by atoms with Gasteiger partial charge in [-0.05, 0) is 31.0 Å². The van der Waals surface area contributed by atoms with Gasteiger partial charge in [-0.2, -0.15) is 0 Å². The molecule has 4 heteroatoms. The third-order valence-corrected chi connectivity index (χ3v) is 2.19. The molecule has 0 aromatic heterocycles. The second kappa shape index (κ2) is 4.15. The first kappa shape index (κ1) is 9.87. The lowest BCUT2D eigenvalue weighted by atomic mass is 10.0. The topological polar surface area (TPSA) is 43.4 Å². The van der Waals surface area contributed by atoms with E-state index in [1.807, 2.05) is 19.9 Å². The maximum Gasteiger partial charge on any atom is 0.398 e. The van der Waals surface area contributed by atoms with Gasteiger partial charge in [0.25, 0.3) is 0 Å². The molecule has 1 aromatic carbocycles. The van der Waals surface area contributed by atoms with Gasteiger partial charge in [0.05, 0.1) is 5.56 Å². The zero-order valence-electron chi connectivity index (χ0n) is 7.40. The molecule has 0 saturated carbocycles. The number of benzene rings is 1. The van der Waals surface area contributed by atoms with Gasteiger partial charge in [-0.25, -0.2) is 9.36 Å². The van der Waals surface area contributed by atoms with Crippen LogP contribution in [0.3, 0.4) is 0 Å². The van der Waals surface area contributed by atoms with Gasteiger partial charge >= 0.3 is 14.7 Å². The van der Waals surface area contributed by atoms with Crippen LogP contribution in [0.25, 0.3) is 0 Å². The minimum absolute atomic E-state index is 0.461. The van der Waals surface area contributed by atoms with Crippen molar-refractivity contribution in [2.75, 3.05) is 0 Å². The highest BCUT2D eigenvalue weighted by Gasteiger charge is 2.10. The van der Waals surface area contributed by atoms with Crippen molar-refractivity contribution in [3.05, 3.63) is 34.9 Å². The SMILES string of the molecule is Cc1cccc(C(=O)OP=O)c1C. The van der Waals surface area contributed by atoms with E-state index in [-0.39, 0.29) is 0 Å². The van der Waals surface area contributed by atoms with Gasteiger partial charge < -0.3 is 4.52 Å². The lowest BCUT2D eigenvalue weighted by Gasteiger charge is -2.04. The van der Waals surface area contributed by atoms with Crippen LogP contribution >= 0.6 is 8.69 Å². The van der Waals surface area contributed by atoms with Crippen molar-refractivity contribution in [1.82, 2.24) is 0 Å². The Morgan fingerprint density at radius 3 is 2.69 bits per heavy atom. The van der Waals surface area contributed by atoms with Crippen LogP contribution in [-0.4, -0.2) is 5.97 Å². The Kier molecular flexibility index (Phi) is 3.15. The number of rotatable bonds is 2. The maximum absolute atomic E-state index is 11.2. The molecule has 0 bridgehead atoms. The van der Waals surface area contributed by atoms with Gasteiger partial charge in [-0.1, -0.05) is 12.1 Å². The van der Waals surface area contributed by atoms with E-state index in [9.17, 15) is 9.36 Å². The van der Waals surface area contributed by atoms with Crippen molar-refractivity contribution in [1.29, 1.82) is 0 Å². The molecule has 0 unspecified atom stereocenters. The smallest absolute Gasteiger partial charge is 0.369 e. The zero-order valence-corrected chi connectivity index (χ0v) is 8.30. The Hall–Kier alpha value is -1.21. The predicted molar refractivity (Wildman–Crippen MR) is 48.9 cm³/mol. The quantitative estimate of drug-likeness (QED) is 0.683. The van der Waals surface area contributed by atoms with Crippen molar-refractivity contribution in [2.24, 2.45) is 0 Å². The zero-order chi connectivity index (χ0) is 9.84. The standard InChI is InChI=1S/C9H9O3P/c1-6-4-3-5-8(7(6)2)9(10)12-13-11/h3-5H,1-2H3. The highest BCUT2D eigenvalue weighted by atomic mass is 31.1. The fourth-order valence-electron chi connectivity index (χ4n) is 1.06. The van der Waals surface area contributed by atoms with Crippen molar-refractivity contribution < 1.29 is 13.9 Å². The second-order valence-corrected chi connectivity index (χ2v) is 3.03. The molecule has 0 aliphatic carbocycles. The molecule has 0 fully saturated rings. The Bertz CT molecular complexity index is 347. The van der Waals surface area contributed by atoms with Gasteiger partial charge in [0.1, 0.15) is 0 Å². The molecule has 0 amide bonds. The van der Waals surface area contributed by atoms with E-state index in [0.29, 0.717) is 5.56 Å². The largest absolute Gasteiger partial charge is 0.398 e. The molecule has 0 atom stereocenters. The van der Waals surface area contributed by atoms with Crippen LogP contribution in [0.2, 0.25) is 0 Å². The van der Waals surface area contributed by atoms with Crippen LogP contribution < -0.4 is 0 Å². The highest BCUT2D eigenvalue weighted by Crippen LogP contribution is 2.15. The van der Waals surface area contributed by atoms with Crippen molar-refractivity contribution in [2.45, 2.75) is 13.8 Å². The highest BCUT2D eigenvalue weighted by molar-refractivity contribution is 7.18. The third kappa shape index (κ3) is 2.13. The molecule has 0 saturated heterocycles. The van der Waals surface area contributed by atoms with E-state index in [1.165, 1.54) is 0 Å². The molecule has 0 heterocycles. The van der Waals surface area contributed by atoms with Gasteiger partial charge in [0.2, 0.25) is 0 Å². The summed E-state index contributed by atoms with van der Waals surface area (Å²) >= 11 is 0. The first-order chi connectivity index (χ1) is 6.16. The summed E-state index contributed by atoms with van der Waals surface area (Å²) in [4.78, 5) is 11.2. The summed E-state index contributed by atoms with van der Waals surface area (Å²) in [6, 6.07) is 5.32. The molecule has 0 spiro atoms. The Balaban J connectivity index is 3.07. The molecule has 0 N–H and O–H groups in total. The molecule has 68 valence electrons. The van der Waals surface area contributed by atoms with E-state index in [4.69, 9.17) is 0 Å². The summed E-state index contributed by atoms with van der Waals surface area (Å²) < 4.78 is 14.4. The minimum atomic E-state index is -0.612. The molecular formula is C9H9O3P. The van der Waals surface area contributed by atoms with Crippen LogP contribution in [0, 0.1) is 13.8 Å². The van der Waals surface area contributed by atoms with E-state index < -0.39 is 14.7 Å². The van der Waals surface area contributed by atoms with E-state index in [0.717, 1.165) is 11.1 Å². The van der Waals surface area contributed by atoms with Crippen LogP contribution in [-0.2, 0) is 9.09 Å². The average Bonchev–Trinajstić information content (AvgIpc) is 2.10. The number of hydrogen-bond acceptors (Lipinski definition) is 3. The fraction of sp³-hybridized carbons (Fsp3) is 0.222. The van der Waals surface area contributed by atoms with Crippen molar-refractivity contribution in [3.63, 3.8) is 0 Å². The summed E-state index contributed by atoms with van der Waals surface area (Å²) in [6.45, 7) is 3.73. The Labute approximate surface area is 78.0 Å². The second-order valence-electron chi connectivity index (χ2n) is 2.70. The minimum Gasteiger partial charge on any atom is -0.369 e.